The van der Waals surface area contributed by atoms with Crippen LogP contribution < -0.4 is 4.74 Å². The molecule has 0 atom stereocenters. The molecule has 1 aromatic rings. The average molecular weight is 216 g/mol. The highest BCUT2D eigenvalue weighted by molar-refractivity contribution is 4.98. The minimum Gasteiger partial charge on any atom is -0.463 e. The lowest BCUT2D eigenvalue weighted by molar-refractivity contribution is -0.121. The minimum absolute atomic E-state index is 0.105. The summed E-state index contributed by atoms with van der Waals surface area (Å²) in [5.41, 5.74) is -0.105. The molecule has 0 unspecified atom stereocenters. The van der Waals surface area contributed by atoms with E-state index in [0.29, 0.717) is 19.3 Å². The van der Waals surface area contributed by atoms with E-state index in [0.717, 1.165) is 0 Å². The van der Waals surface area contributed by atoms with Crippen LogP contribution in [0, 0.1) is 17.3 Å². The molecular formula is C9H10F2N2O2. The molecule has 0 aromatic carbocycles. The second kappa shape index (κ2) is 3.69. The van der Waals surface area contributed by atoms with Crippen LogP contribution in [0.5, 0.6) is 6.01 Å². The van der Waals surface area contributed by atoms with Crippen LogP contribution >= 0.6 is 0 Å². The van der Waals surface area contributed by atoms with Crippen molar-refractivity contribution in [1.29, 1.82) is 0 Å². The Hall–Kier alpha value is -1.30. The number of aromatic nitrogens is 2. The molecule has 4 nitrogen and oxygen atoms in total. The molecular weight excluding hydrogens is 206 g/mol. The van der Waals surface area contributed by atoms with Gasteiger partial charge in [0.2, 0.25) is 11.9 Å². The van der Waals surface area contributed by atoms with E-state index >= 15 is 0 Å². The Kier molecular flexibility index (Phi) is 2.52. The van der Waals surface area contributed by atoms with Crippen molar-refractivity contribution < 1.29 is 18.3 Å². The fourth-order valence-corrected chi connectivity index (χ4v) is 1.21. The quantitative estimate of drug-likeness (QED) is 0.711. The molecule has 1 fully saturated rings. The summed E-state index contributed by atoms with van der Waals surface area (Å²) >= 11 is 0. The van der Waals surface area contributed by atoms with Crippen molar-refractivity contribution in [3.8, 4) is 6.01 Å². The van der Waals surface area contributed by atoms with Crippen LogP contribution in [0.25, 0.3) is 0 Å². The number of halogens is 2. The number of ether oxygens (including phenoxy) is 2. The highest BCUT2D eigenvalue weighted by Gasteiger charge is 2.34. The highest BCUT2D eigenvalue weighted by atomic mass is 19.1. The summed E-state index contributed by atoms with van der Waals surface area (Å²) in [6.07, 6.45) is 0. The standard InChI is InChI=1S/C9H10F2N2O2/c1-9(3-14-4-9)5-15-8-12-6(10)2-7(11)13-8/h2H,3-5H2,1H3. The van der Waals surface area contributed by atoms with E-state index in [4.69, 9.17) is 9.47 Å². The van der Waals surface area contributed by atoms with Gasteiger partial charge in [0.05, 0.1) is 13.2 Å². The summed E-state index contributed by atoms with van der Waals surface area (Å²) < 4.78 is 35.4. The maximum Gasteiger partial charge on any atom is 0.321 e. The third-order valence-electron chi connectivity index (χ3n) is 2.09. The molecule has 0 bridgehead atoms. The van der Waals surface area contributed by atoms with Gasteiger partial charge >= 0.3 is 6.01 Å². The van der Waals surface area contributed by atoms with Gasteiger partial charge in [-0.05, 0) is 0 Å². The molecule has 1 saturated heterocycles. The van der Waals surface area contributed by atoms with Crippen LogP contribution in [0.4, 0.5) is 8.78 Å². The maximum absolute atomic E-state index is 12.6. The zero-order chi connectivity index (χ0) is 10.9. The molecule has 0 amide bonds. The smallest absolute Gasteiger partial charge is 0.321 e. The fraction of sp³-hybridized carbons (Fsp3) is 0.556. The molecule has 2 heterocycles. The van der Waals surface area contributed by atoms with Gasteiger partial charge in [-0.15, -0.1) is 0 Å². The summed E-state index contributed by atoms with van der Waals surface area (Å²) in [6, 6.07) is 0.321. The van der Waals surface area contributed by atoms with Crippen molar-refractivity contribution in [2.45, 2.75) is 6.92 Å². The Morgan fingerprint density at radius 2 is 2.00 bits per heavy atom. The predicted octanol–water partition coefficient (Wildman–Crippen LogP) is 1.17. The van der Waals surface area contributed by atoms with Crippen molar-refractivity contribution in [2.75, 3.05) is 19.8 Å². The Morgan fingerprint density at radius 1 is 1.40 bits per heavy atom. The molecule has 1 aliphatic heterocycles. The van der Waals surface area contributed by atoms with Crippen LogP contribution in [-0.4, -0.2) is 29.8 Å². The van der Waals surface area contributed by atoms with Crippen molar-refractivity contribution in [2.24, 2.45) is 5.41 Å². The molecule has 0 spiro atoms. The lowest BCUT2D eigenvalue weighted by Gasteiger charge is -2.37. The largest absolute Gasteiger partial charge is 0.463 e. The molecule has 82 valence electrons. The number of rotatable bonds is 3. The molecule has 6 heteroatoms. The van der Waals surface area contributed by atoms with Crippen molar-refractivity contribution in [3.63, 3.8) is 0 Å². The lowest BCUT2D eigenvalue weighted by Crippen LogP contribution is -2.44. The van der Waals surface area contributed by atoms with Gasteiger partial charge < -0.3 is 9.47 Å². The topological polar surface area (TPSA) is 44.2 Å². The van der Waals surface area contributed by atoms with Gasteiger partial charge in [-0.1, -0.05) is 6.92 Å². The van der Waals surface area contributed by atoms with E-state index in [1.807, 2.05) is 6.92 Å². The first-order valence-electron chi connectivity index (χ1n) is 4.48. The first-order valence-corrected chi connectivity index (χ1v) is 4.48. The second-order valence-electron chi connectivity index (χ2n) is 3.89. The number of hydrogen-bond acceptors (Lipinski definition) is 4. The first kappa shape index (κ1) is 10.2. The average Bonchev–Trinajstić information content (AvgIpc) is 2.10. The molecule has 2 rings (SSSR count). The summed E-state index contributed by atoms with van der Waals surface area (Å²) in [7, 11) is 0. The van der Waals surface area contributed by atoms with Gasteiger partial charge in [0.1, 0.15) is 6.61 Å². The van der Waals surface area contributed by atoms with Gasteiger partial charge in [0.15, 0.2) is 0 Å². The van der Waals surface area contributed by atoms with E-state index in [9.17, 15) is 8.78 Å². The molecule has 0 saturated carbocycles. The summed E-state index contributed by atoms with van der Waals surface area (Å²) in [4.78, 5) is 6.63. The van der Waals surface area contributed by atoms with E-state index in [1.54, 1.807) is 0 Å². The zero-order valence-corrected chi connectivity index (χ0v) is 8.17. The monoisotopic (exact) mass is 216 g/mol. The van der Waals surface area contributed by atoms with Gasteiger partial charge in [0.25, 0.3) is 0 Å². The Labute approximate surface area is 85.2 Å². The zero-order valence-electron chi connectivity index (χ0n) is 8.17. The van der Waals surface area contributed by atoms with Crippen LogP contribution in [0.1, 0.15) is 6.92 Å². The van der Waals surface area contributed by atoms with Gasteiger partial charge in [-0.25, -0.2) is 0 Å². The highest BCUT2D eigenvalue weighted by Crippen LogP contribution is 2.26. The van der Waals surface area contributed by atoms with Crippen molar-refractivity contribution in [1.82, 2.24) is 9.97 Å². The summed E-state index contributed by atoms with van der Waals surface area (Å²) in [5, 5.41) is 0. The Balaban J connectivity index is 1.98. The third-order valence-corrected chi connectivity index (χ3v) is 2.09. The molecule has 15 heavy (non-hydrogen) atoms. The lowest BCUT2D eigenvalue weighted by atomic mass is 9.90. The van der Waals surface area contributed by atoms with E-state index in [2.05, 4.69) is 9.97 Å². The first-order chi connectivity index (χ1) is 7.07. The van der Waals surface area contributed by atoms with Gasteiger partial charge in [0, 0.05) is 11.5 Å². The normalized spacial score (nSPS) is 18.3. The molecule has 1 aliphatic rings. The van der Waals surface area contributed by atoms with E-state index in [-0.39, 0.29) is 18.0 Å². The van der Waals surface area contributed by atoms with Gasteiger partial charge in [-0.3, -0.25) is 0 Å². The Bertz CT molecular complexity index is 349. The number of hydrogen-bond donors (Lipinski definition) is 0. The van der Waals surface area contributed by atoms with Crippen LogP contribution in [0.15, 0.2) is 6.07 Å². The van der Waals surface area contributed by atoms with Gasteiger partial charge in [-0.2, -0.15) is 18.7 Å². The SMILES string of the molecule is CC1(COc2nc(F)cc(F)n2)COC1. The van der Waals surface area contributed by atoms with Crippen molar-refractivity contribution >= 4 is 0 Å². The van der Waals surface area contributed by atoms with Crippen LogP contribution in [0.3, 0.4) is 0 Å². The molecule has 1 aromatic heterocycles. The number of nitrogens with zero attached hydrogens (tertiary/aromatic N) is 2. The third kappa shape index (κ3) is 2.38. The minimum atomic E-state index is -0.937. The summed E-state index contributed by atoms with van der Waals surface area (Å²) in [6.45, 7) is 3.39. The predicted molar refractivity (Wildman–Crippen MR) is 46.4 cm³/mol. The molecule has 0 N–H and O–H groups in total. The van der Waals surface area contributed by atoms with E-state index < -0.39 is 11.9 Å². The van der Waals surface area contributed by atoms with Crippen LogP contribution in [0.2, 0.25) is 0 Å². The van der Waals surface area contributed by atoms with Crippen molar-refractivity contribution in [3.05, 3.63) is 18.0 Å². The maximum atomic E-state index is 12.6. The molecule has 0 radical (unpaired) electrons. The van der Waals surface area contributed by atoms with E-state index in [1.165, 1.54) is 0 Å². The van der Waals surface area contributed by atoms with Crippen LogP contribution in [-0.2, 0) is 4.74 Å². The molecule has 0 aliphatic carbocycles. The fourth-order valence-electron chi connectivity index (χ4n) is 1.21. The second-order valence-corrected chi connectivity index (χ2v) is 3.89. The summed E-state index contributed by atoms with van der Waals surface area (Å²) in [5.74, 6) is -1.87. The Morgan fingerprint density at radius 3 is 2.47 bits per heavy atom.